The molecule has 1 saturated heterocycles. The van der Waals surface area contributed by atoms with Gasteiger partial charge in [-0.1, -0.05) is 66.0 Å². The van der Waals surface area contributed by atoms with Crippen molar-refractivity contribution in [2.45, 2.75) is 149 Å². The zero-order chi connectivity index (χ0) is 30.6. The highest BCUT2D eigenvalue weighted by molar-refractivity contribution is 5.73. The van der Waals surface area contributed by atoms with E-state index in [2.05, 4.69) is 47.6 Å². The molecule has 0 spiro atoms. The van der Waals surface area contributed by atoms with E-state index in [9.17, 15) is 25.2 Å². The number of aliphatic hydroxyl groups is 3. The summed E-state index contributed by atoms with van der Waals surface area (Å²) in [5, 5.41) is 40.1. The van der Waals surface area contributed by atoms with Crippen LogP contribution >= 0.6 is 0 Å². The Bertz CT molecular complexity index is 996. The normalized spacial score (nSPS) is 46.8. The quantitative estimate of drug-likeness (QED) is 0.246. The third-order valence-corrected chi connectivity index (χ3v) is 13.4. The first-order valence-corrected chi connectivity index (χ1v) is 17.1. The SMILES string of the molecule is CC[C@H](CC[C@@H](C)[C@H]1CC[C@H]2[C@@H]3CC=C4C[C@@H](O[C@@H]5O[C@H](C(=O)O)[C@@H](O)[C@H](O)[C@H]5O)CC[C@]4(C)[C@H]3CC[C@]12C)C(C)C. The Hall–Kier alpha value is -0.990. The molecule has 1 heterocycles. The Balaban J connectivity index is 1.24. The van der Waals surface area contributed by atoms with Crippen molar-refractivity contribution in [1.82, 2.24) is 0 Å². The summed E-state index contributed by atoms with van der Waals surface area (Å²) in [7, 11) is 0. The third-order valence-electron chi connectivity index (χ3n) is 13.4. The molecule has 5 rings (SSSR count). The van der Waals surface area contributed by atoms with Crippen molar-refractivity contribution in [3.8, 4) is 0 Å². The van der Waals surface area contributed by atoms with Crippen molar-refractivity contribution in [2.75, 3.05) is 0 Å². The summed E-state index contributed by atoms with van der Waals surface area (Å²) in [4.78, 5) is 11.5. The second-order valence-electron chi connectivity index (χ2n) is 15.7. The van der Waals surface area contributed by atoms with E-state index in [0.717, 1.165) is 61.2 Å². The van der Waals surface area contributed by atoms with Crippen LogP contribution in [0, 0.1) is 52.3 Å². The van der Waals surface area contributed by atoms with Gasteiger partial charge in [0.1, 0.15) is 18.3 Å². The minimum atomic E-state index is -1.70. The lowest BCUT2D eigenvalue weighted by molar-refractivity contribution is -0.306. The molecule has 0 amide bonds. The minimum Gasteiger partial charge on any atom is -0.479 e. The number of aliphatic hydroxyl groups excluding tert-OH is 3. The third kappa shape index (κ3) is 5.63. The molecule has 0 unspecified atom stereocenters. The Labute approximate surface area is 253 Å². The Morgan fingerprint density at radius 3 is 2.40 bits per heavy atom. The standard InChI is InChI=1S/C35H58O7/c1-7-21(19(2)3)9-8-20(4)25-12-13-26-24-11-10-22-18-23(14-16-34(22,5)27(24)15-17-35(25,26)6)41-33-30(38)28(36)29(37)31(42-33)32(39)40/h10,19-21,23-31,33,36-38H,7-9,11-18H2,1-6H3,(H,39,40)/t20-,21-,23+,24+,25-,26+,27+,28+,29+,30-,31+,33-,34+,35-/m1/s1. The van der Waals surface area contributed by atoms with Crippen LogP contribution in [0.15, 0.2) is 11.6 Å². The van der Waals surface area contributed by atoms with Gasteiger partial charge in [0.15, 0.2) is 12.4 Å². The zero-order valence-electron chi connectivity index (χ0n) is 26.9. The van der Waals surface area contributed by atoms with Gasteiger partial charge in [-0.25, -0.2) is 4.79 Å². The van der Waals surface area contributed by atoms with Crippen LogP contribution in [0.4, 0.5) is 0 Å². The summed E-state index contributed by atoms with van der Waals surface area (Å²) < 4.78 is 11.5. The van der Waals surface area contributed by atoms with Gasteiger partial charge in [0.05, 0.1) is 6.10 Å². The summed E-state index contributed by atoms with van der Waals surface area (Å²) in [5.74, 6) is 4.08. The molecule has 14 atom stereocenters. The van der Waals surface area contributed by atoms with Crippen molar-refractivity contribution in [3.63, 3.8) is 0 Å². The predicted molar refractivity (Wildman–Crippen MR) is 161 cm³/mol. The van der Waals surface area contributed by atoms with E-state index in [0.29, 0.717) is 11.3 Å². The van der Waals surface area contributed by atoms with Crippen LogP contribution in [0.5, 0.6) is 0 Å². The average Bonchev–Trinajstić information content (AvgIpc) is 3.30. The molecule has 4 aliphatic carbocycles. The van der Waals surface area contributed by atoms with Gasteiger partial charge < -0.3 is 29.9 Å². The Morgan fingerprint density at radius 2 is 1.74 bits per heavy atom. The van der Waals surface area contributed by atoms with E-state index in [-0.39, 0.29) is 11.5 Å². The summed E-state index contributed by atoms with van der Waals surface area (Å²) in [6, 6.07) is 0. The molecular formula is C35H58O7. The van der Waals surface area contributed by atoms with Gasteiger partial charge in [0, 0.05) is 0 Å². The van der Waals surface area contributed by atoms with E-state index in [4.69, 9.17) is 9.47 Å². The van der Waals surface area contributed by atoms with Crippen LogP contribution < -0.4 is 0 Å². The number of fused-ring (bicyclic) bond motifs is 5. The van der Waals surface area contributed by atoms with Crippen molar-refractivity contribution in [2.24, 2.45) is 52.3 Å². The summed E-state index contributed by atoms with van der Waals surface area (Å²) in [6.07, 6.45) is 7.59. The maximum atomic E-state index is 11.5. The van der Waals surface area contributed by atoms with Crippen LogP contribution in [0.1, 0.15) is 112 Å². The largest absolute Gasteiger partial charge is 0.479 e. The number of ether oxygens (including phenoxy) is 2. The van der Waals surface area contributed by atoms with E-state index < -0.39 is 36.7 Å². The molecule has 0 aromatic carbocycles. The van der Waals surface area contributed by atoms with Crippen LogP contribution in [0.3, 0.4) is 0 Å². The van der Waals surface area contributed by atoms with E-state index in [1.54, 1.807) is 0 Å². The molecule has 3 saturated carbocycles. The predicted octanol–water partition coefficient (Wildman–Crippen LogP) is 5.94. The number of carboxylic acid groups (broad SMARTS) is 1. The molecular weight excluding hydrogens is 532 g/mol. The number of hydrogen-bond acceptors (Lipinski definition) is 6. The smallest absolute Gasteiger partial charge is 0.335 e. The van der Waals surface area contributed by atoms with Gasteiger partial charge in [-0.15, -0.1) is 0 Å². The van der Waals surface area contributed by atoms with Gasteiger partial charge in [0.25, 0.3) is 0 Å². The van der Waals surface area contributed by atoms with Crippen LogP contribution in [-0.4, -0.2) is 63.2 Å². The van der Waals surface area contributed by atoms with Gasteiger partial charge in [-0.05, 0) is 110 Å². The second-order valence-corrected chi connectivity index (χ2v) is 15.7. The monoisotopic (exact) mass is 590 g/mol. The zero-order valence-corrected chi connectivity index (χ0v) is 26.9. The molecule has 1 aliphatic heterocycles. The number of carbonyl (C=O) groups is 1. The lowest BCUT2D eigenvalue weighted by Gasteiger charge is -2.58. The first-order chi connectivity index (χ1) is 19.8. The number of allylic oxidation sites excluding steroid dienone is 1. The number of rotatable bonds is 9. The lowest BCUT2D eigenvalue weighted by Crippen LogP contribution is -2.61. The first-order valence-electron chi connectivity index (χ1n) is 17.1. The van der Waals surface area contributed by atoms with E-state index in [1.165, 1.54) is 50.5 Å². The molecule has 0 radical (unpaired) electrons. The average molecular weight is 591 g/mol. The van der Waals surface area contributed by atoms with Crippen LogP contribution in [-0.2, 0) is 14.3 Å². The molecule has 4 fully saturated rings. The highest BCUT2D eigenvalue weighted by atomic mass is 16.7. The van der Waals surface area contributed by atoms with Gasteiger partial charge in [0.2, 0.25) is 0 Å². The van der Waals surface area contributed by atoms with Gasteiger partial charge >= 0.3 is 5.97 Å². The topological polar surface area (TPSA) is 116 Å². The fourth-order valence-electron chi connectivity index (χ4n) is 10.8. The molecule has 7 heteroatoms. The molecule has 7 nitrogen and oxygen atoms in total. The van der Waals surface area contributed by atoms with E-state index in [1.807, 2.05) is 0 Å². The summed E-state index contributed by atoms with van der Waals surface area (Å²) >= 11 is 0. The van der Waals surface area contributed by atoms with Crippen LogP contribution in [0.25, 0.3) is 0 Å². The number of hydrogen-bond donors (Lipinski definition) is 4. The molecule has 0 bridgehead atoms. The Kier molecular flexibility index (Phi) is 9.58. The molecule has 42 heavy (non-hydrogen) atoms. The van der Waals surface area contributed by atoms with Gasteiger partial charge in [-0.3, -0.25) is 0 Å². The van der Waals surface area contributed by atoms with Crippen LogP contribution in [0.2, 0.25) is 0 Å². The lowest BCUT2D eigenvalue weighted by atomic mass is 9.47. The molecule has 240 valence electrons. The summed E-state index contributed by atoms with van der Waals surface area (Å²) in [6.45, 7) is 14.8. The fraction of sp³-hybridized carbons (Fsp3) is 0.914. The maximum Gasteiger partial charge on any atom is 0.335 e. The van der Waals surface area contributed by atoms with Crippen molar-refractivity contribution < 1.29 is 34.7 Å². The van der Waals surface area contributed by atoms with E-state index >= 15 is 0 Å². The molecule has 4 N–H and O–H groups in total. The second kappa shape index (κ2) is 12.4. The van der Waals surface area contributed by atoms with Crippen molar-refractivity contribution in [3.05, 3.63) is 11.6 Å². The minimum absolute atomic E-state index is 0.144. The van der Waals surface area contributed by atoms with Crippen molar-refractivity contribution >= 4 is 5.97 Å². The van der Waals surface area contributed by atoms with Gasteiger partial charge in [-0.2, -0.15) is 0 Å². The molecule has 5 aliphatic rings. The number of aliphatic carboxylic acids is 1. The molecule has 0 aromatic rings. The first kappa shape index (κ1) is 32.4. The highest BCUT2D eigenvalue weighted by Gasteiger charge is 2.59. The maximum absolute atomic E-state index is 11.5. The number of carboxylic acids is 1. The Morgan fingerprint density at radius 1 is 1.00 bits per heavy atom. The fourth-order valence-corrected chi connectivity index (χ4v) is 10.8. The van der Waals surface area contributed by atoms with Crippen molar-refractivity contribution in [1.29, 1.82) is 0 Å². The highest BCUT2D eigenvalue weighted by Crippen LogP contribution is 2.67. The summed E-state index contributed by atoms with van der Waals surface area (Å²) in [5.41, 5.74) is 2.03. The molecule has 0 aromatic heterocycles.